The molecule has 1 aromatic rings. The van der Waals surface area contributed by atoms with Crippen molar-refractivity contribution < 1.29 is 14.0 Å². The first-order chi connectivity index (χ1) is 16.0. The highest BCUT2D eigenvalue weighted by atomic mass is 19.1. The maximum absolute atomic E-state index is 13.5. The van der Waals surface area contributed by atoms with E-state index in [-0.39, 0.29) is 47.8 Å². The predicted molar refractivity (Wildman–Crippen MR) is 118 cm³/mol. The highest BCUT2D eigenvalue weighted by molar-refractivity contribution is 5.87. The van der Waals surface area contributed by atoms with Crippen LogP contribution in [0, 0.1) is 29.0 Å². The van der Waals surface area contributed by atoms with Crippen LogP contribution in [0.3, 0.4) is 0 Å². The van der Waals surface area contributed by atoms with E-state index in [1.165, 1.54) is 18.6 Å². The van der Waals surface area contributed by atoms with Gasteiger partial charge in [0, 0.05) is 25.2 Å². The van der Waals surface area contributed by atoms with Crippen LogP contribution in [0.4, 0.5) is 4.39 Å². The molecule has 0 spiro atoms. The fourth-order valence-corrected chi connectivity index (χ4v) is 6.74. The molecular formula is C25H30FN5O2. The molecule has 2 aliphatic carbocycles. The van der Waals surface area contributed by atoms with E-state index >= 15 is 0 Å². The lowest BCUT2D eigenvalue weighted by Gasteiger charge is -2.45. The van der Waals surface area contributed by atoms with Gasteiger partial charge in [-0.05, 0) is 61.6 Å². The summed E-state index contributed by atoms with van der Waals surface area (Å²) in [5.41, 5.74) is 7.34. The van der Waals surface area contributed by atoms with E-state index in [0.717, 1.165) is 37.7 Å². The molecule has 2 N–H and O–H groups in total. The SMILES string of the molecule is N#C[C@@H]1C[C@@H]2C[C@@H]2N1C(=O)[C@@H](N)CN1CC2C[C@@H]1C(=O)N2[C@@H](c1ccc(F)cc1)C1CCC1. The monoisotopic (exact) mass is 451 g/mol. The van der Waals surface area contributed by atoms with Gasteiger partial charge >= 0.3 is 0 Å². The molecule has 2 saturated carbocycles. The zero-order valence-corrected chi connectivity index (χ0v) is 18.6. The number of rotatable bonds is 6. The smallest absolute Gasteiger partial charge is 0.242 e. The quantitative estimate of drug-likeness (QED) is 0.712. The molecule has 8 heteroatoms. The van der Waals surface area contributed by atoms with Crippen molar-refractivity contribution in [1.29, 1.82) is 5.26 Å². The molecule has 33 heavy (non-hydrogen) atoms. The number of amides is 2. The van der Waals surface area contributed by atoms with Crippen molar-refractivity contribution in [3.63, 3.8) is 0 Å². The molecule has 1 aromatic carbocycles. The van der Waals surface area contributed by atoms with Gasteiger partial charge in [0.2, 0.25) is 11.8 Å². The minimum absolute atomic E-state index is 0.00732. The number of nitrogens with zero attached hydrogens (tertiary/aromatic N) is 4. The lowest BCUT2D eigenvalue weighted by atomic mass is 9.76. The first-order valence-electron chi connectivity index (χ1n) is 12.3. The Morgan fingerprint density at radius 1 is 1.21 bits per heavy atom. The average molecular weight is 452 g/mol. The molecule has 7 nitrogen and oxygen atoms in total. The number of nitrogens with two attached hydrogens (primary N) is 1. The fourth-order valence-electron chi connectivity index (χ4n) is 6.74. The first kappa shape index (κ1) is 21.1. The van der Waals surface area contributed by atoms with Gasteiger partial charge in [-0.3, -0.25) is 14.5 Å². The second-order valence-corrected chi connectivity index (χ2v) is 10.6. The van der Waals surface area contributed by atoms with Crippen LogP contribution in [0.2, 0.25) is 0 Å². The third kappa shape index (κ3) is 3.36. The molecule has 5 fully saturated rings. The highest BCUT2D eigenvalue weighted by Gasteiger charge is 2.56. The van der Waals surface area contributed by atoms with Crippen LogP contribution < -0.4 is 5.73 Å². The molecule has 3 aliphatic heterocycles. The average Bonchev–Trinajstić information content (AvgIpc) is 3.11. The van der Waals surface area contributed by atoms with E-state index in [2.05, 4.69) is 11.0 Å². The molecule has 5 aliphatic rings. The van der Waals surface area contributed by atoms with Gasteiger partial charge < -0.3 is 15.5 Å². The number of carbonyl (C=O) groups excluding carboxylic acids is 2. The van der Waals surface area contributed by atoms with Gasteiger partial charge in [-0.15, -0.1) is 0 Å². The van der Waals surface area contributed by atoms with E-state index in [9.17, 15) is 19.2 Å². The van der Waals surface area contributed by atoms with Gasteiger partial charge in [-0.1, -0.05) is 18.6 Å². The normalized spacial score (nSPS) is 34.7. The highest BCUT2D eigenvalue weighted by Crippen LogP contribution is 2.49. The number of nitriles is 1. The Balaban J connectivity index is 1.15. The molecule has 2 bridgehead atoms. The molecule has 1 unspecified atom stereocenters. The molecular weight excluding hydrogens is 421 g/mol. The molecule has 3 heterocycles. The lowest BCUT2D eigenvalue weighted by Crippen LogP contribution is -2.58. The predicted octanol–water partition coefficient (Wildman–Crippen LogP) is 1.79. The Kier molecular flexibility index (Phi) is 4.96. The molecule has 0 aromatic heterocycles. The van der Waals surface area contributed by atoms with Crippen molar-refractivity contribution >= 4 is 11.8 Å². The van der Waals surface area contributed by atoms with E-state index in [4.69, 9.17) is 5.73 Å². The van der Waals surface area contributed by atoms with Crippen LogP contribution in [0.15, 0.2) is 24.3 Å². The maximum Gasteiger partial charge on any atom is 0.242 e. The number of halogens is 1. The van der Waals surface area contributed by atoms with Gasteiger partial charge in [0.1, 0.15) is 11.9 Å². The number of piperidine rings is 1. The zero-order chi connectivity index (χ0) is 22.9. The number of carbonyl (C=O) groups is 2. The van der Waals surface area contributed by atoms with Crippen LogP contribution in [-0.4, -0.2) is 69.8 Å². The van der Waals surface area contributed by atoms with Crippen molar-refractivity contribution in [1.82, 2.24) is 14.7 Å². The summed E-state index contributed by atoms with van der Waals surface area (Å²) in [4.78, 5) is 32.4. The van der Waals surface area contributed by atoms with Crippen LogP contribution in [0.1, 0.15) is 50.1 Å². The second kappa shape index (κ2) is 7.78. The summed E-state index contributed by atoms with van der Waals surface area (Å²) in [7, 11) is 0. The summed E-state index contributed by atoms with van der Waals surface area (Å²) in [6.07, 6.45) is 5.83. The van der Waals surface area contributed by atoms with Gasteiger partial charge in [-0.2, -0.15) is 5.26 Å². The molecule has 0 radical (unpaired) electrons. The molecule has 174 valence electrons. The Morgan fingerprint density at radius 3 is 2.61 bits per heavy atom. The van der Waals surface area contributed by atoms with Crippen LogP contribution in [0.5, 0.6) is 0 Å². The number of likely N-dealkylation sites (tertiary alicyclic amines) is 3. The Morgan fingerprint density at radius 2 is 1.97 bits per heavy atom. The topological polar surface area (TPSA) is 93.7 Å². The van der Waals surface area contributed by atoms with Crippen molar-refractivity contribution in [2.24, 2.45) is 17.6 Å². The molecule has 2 amide bonds. The summed E-state index contributed by atoms with van der Waals surface area (Å²) in [6, 6.07) is 7.77. The fraction of sp³-hybridized carbons (Fsp3) is 0.640. The summed E-state index contributed by atoms with van der Waals surface area (Å²) >= 11 is 0. The van der Waals surface area contributed by atoms with Gasteiger partial charge in [0.25, 0.3) is 0 Å². The standard InChI is InChI=1S/C25H30FN5O2/c26-17-6-4-15(5-7-17)23(14-2-1-3-14)31-19-10-22(25(31)33)29(12-19)13-20(28)24(32)30-18(11-27)8-16-9-21(16)30/h4-7,14,16,18-23H,1-3,8-10,12-13,28H2/t16-,18+,19?,20+,21+,22-,23-/m1/s1. The summed E-state index contributed by atoms with van der Waals surface area (Å²) < 4.78 is 13.5. The molecule has 7 atom stereocenters. The minimum atomic E-state index is -0.722. The van der Waals surface area contributed by atoms with E-state index in [1.807, 2.05) is 17.0 Å². The number of piperazine rings is 1. The van der Waals surface area contributed by atoms with Gasteiger partial charge in [0.05, 0.1) is 24.2 Å². The maximum atomic E-state index is 13.5. The summed E-state index contributed by atoms with van der Waals surface area (Å²) in [5.74, 6) is 0.557. The van der Waals surface area contributed by atoms with Gasteiger partial charge in [0.15, 0.2) is 0 Å². The first-order valence-corrected chi connectivity index (χ1v) is 12.3. The van der Waals surface area contributed by atoms with E-state index in [0.29, 0.717) is 24.9 Å². The Hall–Kier alpha value is -2.50. The third-order valence-corrected chi connectivity index (χ3v) is 8.68. The van der Waals surface area contributed by atoms with Crippen LogP contribution in [-0.2, 0) is 9.59 Å². The summed E-state index contributed by atoms with van der Waals surface area (Å²) in [6.45, 7) is 1.05. The Labute approximate surface area is 193 Å². The van der Waals surface area contributed by atoms with Gasteiger partial charge in [-0.25, -0.2) is 4.39 Å². The van der Waals surface area contributed by atoms with Crippen molar-refractivity contribution in [2.75, 3.05) is 13.1 Å². The lowest BCUT2D eigenvalue weighted by molar-refractivity contribution is -0.143. The van der Waals surface area contributed by atoms with Crippen molar-refractivity contribution in [3.05, 3.63) is 35.6 Å². The van der Waals surface area contributed by atoms with Crippen LogP contribution >= 0.6 is 0 Å². The molecule has 3 saturated heterocycles. The third-order valence-electron chi connectivity index (χ3n) is 8.68. The largest absolute Gasteiger partial charge is 0.330 e. The van der Waals surface area contributed by atoms with Crippen molar-refractivity contribution in [2.45, 2.75) is 74.8 Å². The number of hydrogen-bond acceptors (Lipinski definition) is 5. The van der Waals surface area contributed by atoms with E-state index < -0.39 is 6.04 Å². The number of hydrogen-bond donors (Lipinski definition) is 1. The van der Waals surface area contributed by atoms with Crippen molar-refractivity contribution in [3.8, 4) is 6.07 Å². The molecule has 6 rings (SSSR count). The Bertz CT molecular complexity index is 1010. The second-order valence-electron chi connectivity index (χ2n) is 10.6. The van der Waals surface area contributed by atoms with E-state index in [1.54, 1.807) is 4.90 Å². The minimum Gasteiger partial charge on any atom is -0.330 e. The zero-order valence-electron chi connectivity index (χ0n) is 18.6. The van der Waals surface area contributed by atoms with Crippen LogP contribution in [0.25, 0.3) is 0 Å². The number of benzene rings is 1. The summed E-state index contributed by atoms with van der Waals surface area (Å²) in [5, 5.41) is 9.40. The number of fused-ring (bicyclic) bond motifs is 3.